The number of hydrogen-bond acceptors (Lipinski definition) is 2. The fraction of sp³-hybridized carbons (Fsp3) is 0. The molecule has 0 aliphatic rings. The highest BCUT2D eigenvalue weighted by Crippen LogP contribution is 2.31. The van der Waals surface area contributed by atoms with Gasteiger partial charge in [-0.15, -0.1) is 0 Å². The van der Waals surface area contributed by atoms with E-state index in [4.69, 9.17) is 11.6 Å². The van der Waals surface area contributed by atoms with Gasteiger partial charge >= 0.3 is 5.82 Å². The molecule has 0 fully saturated rings. The summed E-state index contributed by atoms with van der Waals surface area (Å²) in [6.07, 6.45) is 1.56. The van der Waals surface area contributed by atoms with Crippen molar-refractivity contribution >= 4 is 17.4 Å². The first kappa shape index (κ1) is 13.4. The molecule has 5 heteroatoms. The van der Waals surface area contributed by atoms with Crippen LogP contribution < -0.4 is 0 Å². The number of aromatic nitrogens is 1. The van der Waals surface area contributed by atoms with E-state index in [1.54, 1.807) is 6.20 Å². The maximum atomic E-state index is 11.2. The van der Waals surface area contributed by atoms with Crippen LogP contribution in [-0.2, 0) is 0 Å². The van der Waals surface area contributed by atoms with Crippen molar-refractivity contribution in [2.24, 2.45) is 0 Å². The lowest BCUT2D eigenvalue weighted by Gasteiger charge is -2.08. The van der Waals surface area contributed by atoms with Gasteiger partial charge in [0.1, 0.15) is 11.9 Å². The van der Waals surface area contributed by atoms with Crippen LogP contribution in [0.15, 0.2) is 66.9 Å². The first-order valence-electron chi connectivity index (χ1n) is 6.34. The normalized spacial score (nSPS) is 10.5. The highest BCUT2D eigenvalue weighted by Gasteiger charge is 2.20. The molecule has 3 aromatic rings. The zero-order chi connectivity index (χ0) is 14.8. The SMILES string of the molecule is O=[N+]([O-])c1cc(Cl)cn1-c1ccccc1-c1ccccc1. The van der Waals surface area contributed by atoms with E-state index in [2.05, 4.69) is 0 Å². The van der Waals surface area contributed by atoms with Crippen LogP contribution in [0.1, 0.15) is 0 Å². The number of para-hydroxylation sites is 1. The van der Waals surface area contributed by atoms with Crippen LogP contribution in [0, 0.1) is 10.1 Å². The summed E-state index contributed by atoms with van der Waals surface area (Å²) in [5, 5.41) is 11.5. The molecule has 0 spiro atoms. The molecule has 0 unspecified atom stereocenters. The van der Waals surface area contributed by atoms with Crippen LogP contribution in [0.25, 0.3) is 16.8 Å². The van der Waals surface area contributed by atoms with E-state index in [0.717, 1.165) is 16.8 Å². The van der Waals surface area contributed by atoms with Crippen LogP contribution in [0.5, 0.6) is 0 Å². The lowest BCUT2D eigenvalue weighted by molar-refractivity contribution is -0.390. The van der Waals surface area contributed by atoms with Crippen molar-refractivity contribution < 1.29 is 4.92 Å². The Hall–Kier alpha value is -2.59. The summed E-state index contributed by atoms with van der Waals surface area (Å²) in [5.41, 5.74) is 2.63. The largest absolute Gasteiger partial charge is 0.358 e. The third-order valence-corrected chi connectivity index (χ3v) is 3.41. The van der Waals surface area contributed by atoms with Crippen LogP contribution in [0.3, 0.4) is 0 Å². The van der Waals surface area contributed by atoms with Crippen molar-refractivity contribution in [3.63, 3.8) is 0 Å². The summed E-state index contributed by atoms with van der Waals surface area (Å²) in [6.45, 7) is 0. The van der Waals surface area contributed by atoms with Crippen molar-refractivity contribution in [2.45, 2.75) is 0 Å². The molecular weight excluding hydrogens is 288 g/mol. The molecule has 2 aromatic carbocycles. The number of benzene rings is 2. The van der Waals surface area contributed by atoms with E-state index in [-0.39, 0.29) is 5.82 Å². The summed E-state index contributed by atoms with van der Waals surface area (Å²) in [4.78, 5) is 10.7. The Morgan fingerprint density at radius 2 is 1.67 bits per heavy atom. The number of hydrogen-bond donors (Lipinski definition) is 0. The average Bonchev–Trinajstić information content (AvgIpc) is 2.90. The molecule has 0 saturated heterocycles. The molecule has 21 heavy (non-hydrogen) atoms. The second-order valence-corrected chi connectivity index (χ2v) is 4.96. The Balaban J connectivity index is 2.23. The monoisotopic (exact) mass is 298 g/mol. The molecule has 0 saturated carbocycles. The van der Waals surface area contributed by atoms with E-state index in [9.17, 15) is 10.1 Å². The van der Waals surface area contributed by atoms with Gasteiger partial charge < -0.3 is 10.1 Å². The third kappa shape index (κ3) is 2.53. The van der Waals surface area contributed by atoms with E-state index in [0.29, 0.717) is 5.02 Å². The smallest absolute Gasteiger partial charge is 0.329 e. The zero-order valence-electron chi connectivity index (χ0n) is 10.9. The van der Waals surface area contributed by atoms with Crippen LogP contribution in [-0.4, -0.2) is 9.49 Å². The van der Waals surface area contributed by atoms with Gasteiger partial charge in [0, 0.05) is 5.56 Å². The minimum Gasteiger partial charge on any atom is -0.358 e. The summed E-state index contributed by atoms with van der Waals surface area (Å²) >= 11 is 5.93. The van der Waals surface area contributed by atoms with Crippen molar-refractivity contribution in [1.29, 1.82) is 0 Å². The van der Waals surface area contributed by atoms with E-state index >= 15 is 0 Å². The molecule has 4 nitrogen and oxygen atoms in total. The minimum atomic E-state index is -0.437. The van der Waals surface area contributed by atoms with Crippen molar-refractivity contribution in [2.75, 3.05) is 0 Å². The van der Waals surface area contributed by atoms with E-state index in [1.807, 2.05) is 54.6 Å². The van der Waals surface area contributed by atoms with Crippen molar-refractivity contribution in [1.82, 2.24) is 4.57 Å². The molecule has 3 rings (SSSR count). The van der Waals surface area contributed by atoms with Gasteiger partial charge in [-0.1, -0.05) is 60.1 Å². The molecule has 0 radical (unpaired) electrons. The molecule has 0 aliphatic heterocycles. The van der Waals surface area contributed by atoms with Gasteiger partial charge in [0.15, 0.2) is 0 Å². The average molecular weight is 299 g/mol. The minimum absolute atomic E-state index is 0.0524. The van der Waals surface area contributed by atoms with Crippen molar-refractivity contribution in [3.8, 4) is 16.8 Å². The fourth-order valence-electron chi connectivity index (χ4n) is 2.30. The fourth-order valence-corrected chi connectivity index (χ4v) is 2.49. The second-order valence-electron chi connectivity index (χ2n) is 4.53. The number of nitrogens with zero attached hydrogens (tertiary/aromatic N) is 2. The highest BCUT2D eigenvalue weighted by atomic mass is 35.5. The molecule has 0 atom stereocenters. The molecule has 0 aliphatic carbocycles. The van der Waals surface area contributed by atoms with Crippen molar-refractivity contribution in [3.05, 3.63) is 82.0 Å². The molecule has 0 amide bonds. The number of nitro groups is 1. The molecule has 104 valence electrons. The lowest BCUT2D eigenvalue weighted by Crippen LogP contribution is -2.00. The summed E-state index contributed by atoms with van der Waals surface area (Å²) in [6, 6.07) is 18.6. The molecular formula is C16H11ClN2O2. The first-order chi connectivity index (χ1) is 10.2. The van der Waals surface area contributed by atoms with Gasteiger partial charge in [-0.3, -0.25) is 0 Å². The van der Waals surface area contributed by atoms with Crippen LogP contribution >= 0.6 is 11.6 Å². The van der Waals surface area contributed by atoms with Crippen LogP contribution in [0.4, 0.5) is 5.82 Å². The van der Waals surface area contributed by atoms with E-state index < -0.39 is 4.92 Å². The van der Waals surface area contributed by atoms with Crippen LogP contribution in [0.2, 0.25) is 5.02 Å². The zero-order valence-corrected chi connectivity index (χ0v) is 11.7. The Bertz CT molecular complexity index is 797. The molecule has 1 aromatic heterocycles. The maximum Gasteiger partial charge on any atom is 0.329 e. The Labute approximate surface area is 126 Å². The predicted octanol–water partition coefficient (Wildman–Crippen LogP) is 4.71. The Morgan fingerprint density at radius 1 is 1.00 bits per heavy atom. The van der Waals surface area contributed by atoms with Gasteiger partial charge in [0.25, 0.3) is 0 Å². The first-order valence-corrected chi connectivity index (χ1v) is 6.72. The molecule has 0 N–H and O–H groups in total. The third-order valence-electron chi connectivity index (χ3n) is 3.20. The topological polar surface area (TPSA) is 48.1 Å². The number of rotatable bonds is 3. The van der Waals surface area contributed by atoms with Gasteiger partial charge in [0.2, 0.25) is 0 Å². The lowest BCUT2D eigenvalue weighted by atomic mass is 10.0. The second kappa shape index (κ2) is 5.42. The quantitative estimate of drug-likeness (QED) is 0.519. The number of halogens is 1. The predicted molar refractivity (Wildman–Crippen MR) is 82.9 cm³/mol. The van der Waals surface area contributed by atoms with E-state index in [1.165, 1.54) is 10.6 Å². The van der Waals surface area contributed by atoms with Gasteiger partial charge in [0.05, 0.1) is 11.1 Å². The standard InChI is InChI=1S/C16H11ClN2O2/c17-13-10-16(19(20)21)18(11-13)15-9-5-4-8-14(15)12-6-2-1-3-7-12/h1-11H. The molecule has 1 heterocycles. The van der Waals surface area contributed by atoms with Gasteiger partial charge in [-0.05, 0) is 16.6 Å². The van der Waals surface area contributed by atoms with Gasteiger partial charge in [-0.25, -0.2) is 0 Å². The Morgan fingerprint density at radius 3 is 2.38 bits per heavy atom. The summed E-state index contributed by atoms with van der Waals surface area (Å²) < 4.78 is 1.50. The summed E-state index contributed by atoms with van der Waals surface area (Å²) in [7, 11) is 0. The summed E-state index contributed by atoms with van der Waals surface area (Å²) in [5.74, 6) is -0.0524. The molecule has 0 bridgehead atoms. The Kier molecular flexibility index (Phi) is 3.46. The highest BCUT2D eigenvalue weighted by molar-refractivity contribution is 6.30. The van der Waals surface area contributed by atoms with Gasteiger partial charge in [-0.2, -0.15) is 4.57 Å². The maximum absolute atomic E-state index is 11.2.